The third kappa shape index (κ3) is 5.25. The molecule has 1 aromatic rings. The quantitative estimate of drug-likeness (QED) is 0.633. The number of ether oxygens (including phenoxy) is 2. The fourth-order valence-electron chi connectivity index (χ4n) is 5.54. The second-order valence-electron chi connectivity index (χ2n) is 9.63. The molecule has 1 aromatic carbocycles. The normalized spacial score (nSPS) is 29.2. The SMILES string of the molecule is O=S(=O)(NC1CCC1)N[C@@H]1[C@@H]2CC[C@H]1Cc1cc(OCCN3CCOCC3)ccc1C2. The molecule has 172 valence electrons. The molecule has 0 radical (unpaired) electrons. The third-order valence-electron chi connectivity index (χ3n) is 7.56. The molecule has 2 saturated carbocycles. The lowest BCUT2D eigenvalue weighted by Gasteiger charge is -2.29. The van der Waals surface area contributed by atoms with Crippen LogP contribution < -0.4 is 14.2 Å². The third-order valence-corrected chi connectivity index (χ3v) is 8.79. The number of nitrogens with one attached hydrogen (secondary N) is 2. The first-order valence-electron chi connectivity index (χ1n) is 11.9. The lowest BCUT2D eigenvalue weighted by Crippen LogP contribution is -2.51. The molecule has 1 saturated heterocycles. The average molecular weight is 450 g/mol. The first-order valence-corrected chi connectivity index (χ1v) is 13.4. The molecule has 7 nitrogen and oxygen atoms in total. The molecule has 31 heavy (non-hydrogen) atoms. The molecule has 1 heterocycles. The summed E-state index contributed by atoms with van der Waals surface area (Å²) in [4.78, 5) is 2.38. The zero-order chi connectivity index (χ0) is 21.3. The minimum atomic E-state index is -3.44. The van der Waals surface area contributed by atoms with Crippen LogP contribution in [-0.4, -0.2) is 64.9 Å². The Hall–Kier alpha value is -1.19. The number of rotatable bonds is 8. The van der Waals surface area contributed by atoms with Gasteiger partial charge >= 0.3 is 0 Å². The minimum Gasteiger partial charge on any atom is -0.492 e. The Labute approximate surface area is 186 Å². The minimum absolute atomic E-state index is 0.0238. The van der Waals surface area contributed by atoms with Gasteiger partial charge in [0.15, 0.2) is 0 Å². The van der Waals surface area contributed by atoms with Crippen molar-refractivity contribution in [3.8, 4) is 5.75 Å². The number of morpholine rings is 1. The Balaban J connectivity index is 1.20. The van der Waals surface area contributed by atoms with E-state index in [4.69, 9.17) is 9.47 Å². The highest BCUT2D eigenvalue weighted by atomic mass is 32.2. The summed E-state index contributed by atoms with van der Waals surface area (Å²) in [5, 5.41) is 0. The summed E-state index contributed by atoms with van der Waals surface area (Å²) in [6, 6.07) is 6.60. The Morgan fingerprint density at radius 1 is 1.00 bits per heavy atom. The van der Waals surface area contributed by atoms with Crippen molar-refractivity contribution in [2.75, 3.05) is 39.5 Å². The van der Waals surface area contributed by atoms with Crippen LogP contribution in [-0.2, 0) is 27.8 Å². The van der Waals surface area contributed by atoms with Gasteiger partial charge in [0.05, 0.1) is 13.2 Å². The summed E-state index contributed by atoms with van der Waals surface area (Å²) in [6.07, 6.45) is 7.07. The molecule has 3 aliphatic carbocycles. The van der Waals surface area contributed by atoms with E-state index in [0.717, 1.165) is 83.5 Å². The summed E-state index contributed by atoms with van der Waals surface area (Å²) in [6.45, 7) is 5.17. The van der Waals surface area contributed by atoms with Crippen LogP contribution in [0.5, 0.6) is 5.75 Å². The van der Waals surface area contributed by atoms with Crippen LogP contribution in [0.2, 0.25) is 0 Å². The maximum Gasteiger partial charge on any atom is 0.277 e. The molecule has 8 heteroatoms. The Bertz CT molecular complexity index is 868. The van der Waals surface area contributed by atoms with E-state index in [2.05, 4.69) is 32.5 Å². The topological polar surface area (TPSA) is 79.9 Å². The highest BCUT2D eigenvalue weighted by Crippen LogP contribution is 2.41. The second kappa shape index (κ2) is 9.35. The van der Waals surface area contributed by atoms with E-state index >= 15 is 0 Å². The van der Waals surface area contributed by atoms with Gasteiger partial charge in [-0.25, -0.2) is 0 Å². The van der Waals surface area contributed by atoms with Gasteiger partial charge in [-0.15, -0.1) is 0 Å². The lowest BCUT2D eigenvalue weighted by molar-refractivity contribution is 0.0322. The predicted molar refractivity (Wildman–Crippen MR) is 119 cm³/mol. The van der Waals surface area contributed by atoms with E-state index in [-0.39, 0.29) is 12.1 Å². The summed E-state index contributed by atoms with van der Waals surface area (Å²) >= 11 is 0. The average Bonchev–Trinajstić information content (AvgIpc) is 2.99. The van der Waals surface area contributed by atoms with Gasteiger partial charge in [-0.2, -0.15) is 17.9 Å². The van der Waals surface area contributed by atoms with Gasteiger partial charge in [-0.3, -0.25) is 4.90 Å². The van der Waals surface area contributed by atoms with Crippen molar-refractivity contribution in [2.24, 2.45) is 11.8 Å². The summed E-state index contributed by atoms with van der Waals surface area (Å²) < 4.78 is 42.6. The van der Waals surface area contributed by atoms with Crippen LogP contribution in [0, 0.1) is 11.8 Å². The largest absolute Gasteiger partial charge is 0.492 e. The molecular formula is C23H35N3O4S. The van der Waals surface area contributed by atoms with E-state index in [1.807, 2.05) is 0 Å². The van der Waals surface area contributed by atoms with Crippen molar-refractivity contribution in [3.63, 3.8) is 0 Å². The molecule has 2 N–H and O–H groups in total. The standard InChI is InChI=1S/C23H35N3O4S/c27-31(28,24-21-2-1-3-21)25-23-18-4-5-19(23)15-20-16-22(7-6-17(20)14-18)30-13-10-26-8-11-29-12-9-26/h6-7,16,18-19,21,23-25H,1-5,8-15H2/t18-,19+,23-/m1/s1. The molecule has 0 amide bonds. The first-order chi connectivity index (χ1) is 15.1. The monoisotopic (exact) mass is 449 g/mol. The van der Waals surface area contributed by atoms with Gasteiger partial charge < -0.3 is 9.47 Å². The molecule has 5 rings (SSSR count). The summed E-state index contributed by atoms with van der Waals surface area (Å²) in [5.74, 6) is 1.65. The smallest absolute Gasteiger partial charge is 0.277 e. The maximum absolute atomic E-state index is 12.7. The molecule has 1 aliphatic heterocycles. The molecule has 4 aliphatic rings. The Morgan fingerprint density at radius 3 is 2.45 bits per heavy atom. The van der Waals surface area contributed by atoms with Gasteiger partial charge in [0.25, 0.3) is 10.2 Å². The maximum atomic E-state index is 12.7. The molecular weight excluding hydrogens is 414 g/mol. The number of benzene rings is 1. The molecule has 3 atom stereocenters. The highest BCUT2D eigenvalue weighted by Gasteiger charge is 2.41. The summed E-state index contributed by atoms with van der Waals surface area (Å²) in [7, 11) is -3.44. The fourth-order valence-corrected chi connectivity index (χ4v) is 7.03. The van der Waals surface area contributed by atoms with Crippen molar-refractivity contribution in [1.29, 1.82) is 0 Å². The van der Waals surface area contributed by atoms with Gasteiger partial charge in [0, 0.05) is 31.7 Å². The van der Waals surface area contributed by atoms with Crippen LogP contribution in [0.25, 0.3) is 0 Å². The van der Waals surface area contributed by atoms with Crippen LogP contribution in [0.3, 0.4) is 0 Å². The van der Waals surface area contributed by atoms with Crippen molar-refractivity contribution in [2.45, 2.75) is 57.0 Å². The van der Waals surface area contributed by atoms with E-state index in [1.54, 1.807) is 0 Å². The molecule has 0 aromatic heterocycles. The van der Waals surface area contributed by atoms with Gasteiger partial charge in [0.2, 0.25) is 0 Å². The van der Waals surface area contributed by atoms with Crippen LogP contribution >= 0.6 is 0 Å². The number of hydrogen-bond donors (Lipinski definition) is 2. The van der Waals surface area contributed by atoms with E-state index in [1.165, 1.54) is 11.1 Å². The predicted octanol–water partition coefficient (Wildman–Crippen LogP) is 1.87. The van der Waals surface area contributed by atoms with Crippen LogP contribution in [0.4, 0.5) is 0 Å². The van der Waals surface area contributed by atoms with Crippen molar-refractivity contribution in [3.05, 3.63) is 29.3 Å². The Kier molecular flexibility index (Phi) is 6.53. The lowest BCUT2D eigenvalue weighted by atomic mass is 9.93. The van der Waals surface area contributed by atoms with Crippen LogP contribution in [0.1, 0.15) is 43.2 Å². The molecule has 0 spiro atoms. The van der Waals surface area contributed by atoms with Crippen molar-refractivity contribution < 1.29 is 17.9 Å². The van der Waals surface area contributed by atoms with Gasteiger partial charge in [-0.1, -0.05) is 12.5 Å². The first kappa shape index (κ1) is 21.6. The van der Waals surface area contributed by atoms with Crippen LogP contribution in [0.15, 0.2) is 18.2 Å². The zero-order valence-electron chi connectivity index (χ0n) is 18.2. The number of nitrogens with zero attached hydrogens (tertiary/aromatic N) is 1. The van der Waals surface area contributed by atoms with Gasteiger partial charge in [-0.05, 0) is 73.6 Å². The molecule has 2 bridgehead atoms. The highest BCUT2D eigenvalue weighted by molar-refractivity contribution is 7.87. The van der Waals surface area contributed by atoms with Crippen molar-refractivity contribution in [1.82, 2.24) is 14.3 Å². The number of fused-ring (bicyclic) bond motifs is 3. The second-order valence-corrected chi connectivity index (χ2v) is 11.1. The summed E-state index contributed by atoms with van der Waals surface area (Å²) in [5.41, 5.74) is 2.68. The van der Waals surface area contributed by atoms with Gasteiger partial charge in [0.1, 0.15) is 12.4 Å². The van der Waals surface area contributed by atoms with E-state index in [9.17, 15) is 8.42 Å². The van der Waals surface area contributed by atoms with E-state index in [0.29, 0.717) is 18.4 Å². The molecule has 3 fully saturated rings. The fraction of sp³-hybridized carbons (Fsp3) is 0.739. The van der Waals surface area contributed by atoms with Crippen molar-refractivity contribution >= 4 is 10.2 Å². The van der Waals surface area contributed by atoms with E-state index < -0.39 is 10.2 Å². The Morgan fingerprint density at radius 2 is 1.74 bits per heavy atom. The molecule has 0 unspecified atom stereocenters. The zero-order valence-corrected chi connectivity index (χ0v) is 19.0. The number of hydrogen-bond acceptors (Lipinski definition) is 5.